The Hall–Kier alpha value is -3.19. The van der Waals surface area contributed by atoms with Gasteiger partial charge in [-0.3, -0.25) is 4.79 Å². The lowest BCUT2D eigenvalue weighted by atomic mass is 10.1. The van der Waals surface area contributed by atoms with Gasteiger partial charge in [-0.15, -0.1) is 10.2 Å². The number of nitrogens with one attached hydrogen (secondary N) is 1. The molecule has 0 saturated heterocycles. The van der Waals surface area contributed by atoms with Crippen LogP contribution in [0, 0.1) is 13.8 Å². The van der Waals surface area contributed by atoms with Gasteiger partial charge in [0.1, 0.15) is 16.8 Å². The van der Waals surface area contributed by atoms with Crippen molar-refractivity contribution < 1.29 is 9.53 Å². The number of fused-ring (bicyclic) bond motifs is 1. The average Bonchev–Trinajstić information content (AvgIpc) is 3.11. The molecule has 7 heteroatoms. The van der Waals surface area contributed by atoms with Crippen molar-refractivity contribution in [2.24, 2.45) is 0 Å². The quantitative estimate of drug-likeness (QED) is 0.473. The number of nitrogens with zero attached hydrogens (tertiary/aromatic N) is 3. The van der Waals surface area contributed by atoms with Crippen LogP contribution in [-0.2, 0) is 4.79 Å². The van der Waals surface area contributed by atoms with Gasteiger partial charge in [0, 0.05) is 10.2 Å². The molecule has 146 valence electrons. The SMILES string of the molecule is Cc1ccc(-n2nc3cc(C)c(NC(=O)COc4ccc(Br)cc4)cc3n2)cc1. The molecule has 0 atom stereocenters. The number of anilines is 1. The van der Waals surface area contributed by atoms with Crippen molar-refractivity contribution in [1.82, 2.24) is 15.0 Å². The first-order valence-electron chi connectivity index (χ1n) is 9.11. The Bertz CT molecular complexity index is 1170. The van der Waals surface area contributed by atoms with Gasteiger partial charge in [0.05, 0.1) is 5.69 Å². The summed E-state index contributed by atoms with van der Waals surface area (Å²) in [6.07, 6.45) is 0. The third kappa shape index (κ3) is 4.46. The Morgan fingerprint density at radius 3 is 2.34 bits per heavy atom. The molecule has 0 saturated carbocycles. The van der Waals surface area contributed by atoms with E-state index in [1.165, 1.54) is 5.56 Å². The number of carbonyl (C=O) groups is 1. The minimum Gasteiger partial charge on any atom is -0.484 e. The number of hydrogen-bond donors (Lipinski definition) is 1. The maximum Gasteiger partial charge on any atom is 0.262 e. The fourth-order valence-electron chi connectivity index (χ4n) is 2.86. The number of aryl methyl sites for hydroxylation is 2. The van der Waals surface area contributed by atoms with Crippen molar-refractivity contribution in [3.63, 3.8) is 0 Å². The molecule has 0 bridgehead atoms. The van der Waals surface area contributed by atoms with Crippen LogP contribution < -0.4 is 10.1 Å². The van der Waals surface area contributed by atoms with E-state index in [4.69, 9.17) is 4.74 Å². The molecule has 3 aromatic carbocycles. The van der Waals surface area contributed by atoms with Gasteiger partial charge in [-0.25, -0.2) is 0 Å². The molecule has 1 amide bonds. The third-order valence-corrected chi connectivity index (χ3v) is 4.98. The van der Waals surface area contributed by atoms with E-state index in [0.717, 1.165) is 21.2 Å². The van der Waals surface area contributed by atoms with Crippen LogP contribution in [0.15, 0.2) is 65.1 Å². The summed E-state index contributed by atoms with van der Waals surface area (Å²) in [5, 5.41) is 12.0. The highest BCUT2D eigenvalue weighted by Crippen LogP contribution is 2.22. The molecule has 0 spiro atoms. The van der Waals surface area contributed by atoms with Crippen LogP contribution in [0.3, 0.4) is 0 Å². The summed E-state index contributed by atoms with van der Waals surface area (Å²) >= 11 is 3.37. The van der Waals surface area contributed by atoms with E-state index in [9.17, 15) is 4.79 Å². The molecule has 1 heterocycles. The van der Waals surface area contributed by atoms with Crippen molar-refractivity contribution in [3.05, 3.63) is 76.3 Å². The van der Waals surface area contributed by atoms with Crippen LogP contribution in [0.25, 0.3) is 16.7 Å². The zero-order valence-electron chi connectivity index (χ0n) is 16.0. The number of amides is 1. The zero-order chi connectivity index (χ0) is 20.4. The minimum atomic E-state index is -0.235. The molecular formula is C22H19BrN4O2. The number of halogens is 1. The van der Waals surface area contributed by atoms with Crippen LogP contribution in [0.4, 0.5) is 5.69 Å². The fraction of sp³-hybridized carbons (Fsp3) is 0.136. The van der Waals surface area contributed by atoms with Crippen LogP contribution >= 0.6 is 15.9 Å². The Balaban J connectivity index is 1.49. The topological polar surface area (TPSA) is 69.0 Å². The first kappa shape index (κ1) is 19.1. The number of ether oxygens (including phenoxy) is 1. The van der Waals surface area contributed by atoms with E-state index in [2.05, 4.69) is 31.4 Å². The Kier molecular flexibility index (Phi) is 5.31. The van der Waals surface area contributed by atoms with Crippen molar-refractivity contribution in [2.45, 2.75) is 13.8 Å². The molecule has 0 aliphatic rings. The highest BCUT2D eigenvalue weighted by Gasteiger charge is 2.11. The number of hydrogen-bond acceptors (Lipinski definition) is 4. The van der Waals surface area contributed by atoms with Crippen LogP contribution in [-0.4, -0.2) is 27.5 Å². The average molecular weight is 451 g/mol. The molecule has 1 aromatic heterocycles. The minimum absolute atomic E-state index is 0.0742. The van der Waals surface area contributed by atoms with Crippen LogP contribution in [0.2, 0.25) is 0 Å². The van der Waals surface area contributed by atoms with Gasteiger partial charge in [0.25, 0.3) is 5.91 Å². The second kappa shape index (κ2) is 8.05. The molecule has 4 aromatic rings. The Morgan fingerprint density at radius 1 is 1.00 bits per heavy atom. The van der Waals surface area contributed by atoms with Gasteiger partial charge in [-0.05, 0) is 67.9 Å². The standard InChI is InChI=1S/C22H19BrN4O2/c1-14-3-7-17(8-4-14)27-25-20-11-15(2)19(12-21(20)26-27)24-22(28)13-29-18-9-5-16(23)6-10-18/h3-12H,13H2,1-2H3,(H,24,28). The molecular weight excluding hydrogens is 432 g/mol. The summed E-state index contributed by atoms with van der Waals surface area (Å²) in [4.78, 5) is 13.9. The van der Waals surface area contributed by atoms with Gasteiger partial charge in [-0.1, -0.05) is 33.6 Å². The molecule has 0 aliphatic heterocycles. The number of benzene rings is 3. The second-order valence-corrected chi connectivity index (χ2v) is 7.69. The summed E-state index contributed by atoms with van der Waals surface area (Å²) in [6, 6.07) is 19.1. The number of carbonyl (C=O) groups excluding carboxylic acids is 1. The van der Waals surface area contributed by atoms with Crippen molar-refractivity contribution in [3.8, 4) is 11.4 Å². The van der Waals surface area contributed by atoms with Crippen molar-refractivity contribution >= 4 is 38.6 Å². The molecule has 0 unspecified atom stereocenters. The maximum atomic E-state index is 12.3. The smallest absolute Gasteiger partial charge is 0.262 e. The largest absolute Gasteiger partial charge is 0.484 e. The lowest BCUT2D eigenvalue weighted by Crippen LogP contribution is -2.20. The van der Waals surface area contributed by atoms with Crippen molar-refractivity contribution in [1.29, 1.82) is 0 Å². The van der Waals surface area contributed by atoms with Crippen LogP contribution in [0.1, 0.15) is 11.1 Å². The molecule has 1 N–H and O–H groups in total. The first-order chi connectivity index (χ1) is 14.0. The van der Waals surface area contributed by atoms with Gasteiger partial charge < -0.3 is 10.1 Å². The summed E-state index contributed by atoms with van der Waals surface area (Å²) in [5.41, 5.74) is 5.14. The summed E-state index contributed by atoms with van der Waals surface area (Å²) in [5.74, 6) is 0.401. The number of aromatic nitrogens is 3. The second-order valence-electron chi connectivity index (χ2n) is 6.77. The predicted molar refractivity (Wildman–Crippen MR) is 117 cm³/mol. The van der Waals surface area contributed by atoms with E-state index in [-0.39, 0.29) is 12.5 Å². The molecule has 0 aliphatic carbocycles. The summed E-state index contributed by atoms with van der Waals surface area (Å²) in [7, 11) is 0. The van der Waals surface area contributed by atoms with E-state index in [1.807, 2.05) is 62.4 Å². The molecule has 6 nitrogen and oxygen atoms in total. The van der Waals surface area contributed by atoms with E-state index >= 15 is 0 Å². The van der Waals surface area contributed by atoms with Crippen LogP contribution in [0.5, 0.6) is 5.75 Å². The van der Waals surface area contributed by atoms with Gasteiger partial charge in [0.15, 0.2) is 6.61 Å². The molecule has 29 heavy (non-hydrogen) atoms. The molecule has 4 rings (SSSR count). The Labute approximate surface area is 176 Å². The molecule has 0 fully saturated rings. The maximum absolute atomic E-state index is 12.3. The lowest BCUT2D eigenvalue weighted by molar-refractivity contribution is -0.118. The van der Waals surface area contributed by atoms with E-state index in [1.54, 1.807) is 16.9 Å². The normalized spacial score (nSPS) is 10.9. The highest BCUT2D eigenvalue weighted by atomic mass is 79.9. The van der Waals surface area contributed by atoms with E-state index in [0.29, 0.717) is 17.0 Å². The van der Waals surface area contributed by atoms with E-state index < -0.39 is 0 Å². The van der Waals surface area contributed by atoms with Crippen molar-refractivity contribution in [2.75, 3.05) is 11.9 Å². The van der Waals surface area contributed by atoms with Gasteiger partial charge >= 0.3 is 0 Å². The lowest BCUT2D eigenvalue weighted by Gasteiger charge is -2.09. The zero-order valence-corrected chi connectivity index (χ0v) is 17.6. The summed E-state index contributed by atoms with van der Waals surface area (Å²) < 4.78 is 6.48. The predicted octanol–water partition coefficient (Wildman–Crippen LogP) is 4.82. The molecule has 0 radical (unpaired) electrons. The third-order valence-electron chi connectivity index (χ3n) is 4.45. The number of rotatable bonds is 5. The highest BCUT2D eigenvalue weighted by molar-refractivity contribution is 9.10. The van der Waals surface area contributed by atoms with Gasteiger partial charge in [-0.2, -0.15) is 4.80 Å². The first-order valence-corrected chi connectivity index (χ1v) is 9.90. The monoisotopic (exact) mass is 450 g/mol. The Morgan fingerprint density at radius 2 is 1.66 bits per heavy atom. The van der Waals surface area contributed by atoms with Gasteiger partial charge in [0.2, 0.25) is 0 Å². The fourth-order valence-corrected chi connectivity index (χ4v) is 3.13. The summed E-state index contributed by atoms with van der Waals surface area (Å²) in [6.45, 7) is 3.89.